The predicted octanol–water partition coefficient (Wildman–Crippen LogP) is 3.41. The number of hydrogen-bond donors (Lipinski definition) is 0. The lowest BCUT2D eigenvalue weighted by Gasteiger charge is -2.09. The summed E-state index contributed by atoms with van der Waals surface area (Å²) in [5.41, 5.74) is -0.942. The summed E-state index contributed by atoms with van der Waals surface area (Å²) < 4.78 is 36.7. The zero-order chi connectivity index (χ0) is 10.1. The van der Waals surface area contributed by atoms with Crippen molar-refractivity contribution >= 4 is 5.69 Å². The van der Waals surface area contributed by atoms with Gasteiger partial charge >= 0.3 is 6.18 Å². The van der Waals surface area contributed by atoms with Crippen molar-refractivity contribution in [3.05, 3.63) is 34.2 Å². The van der Waals surface area contributed by atoms with Gasteiger partial charge in [0.2, 0.25) is 0 Å². The average Bonchev–Trinajstić information content (AvgIpc) is 2.03. The van der Waals surface area contributed by atoms with E-state index in [0.717, 1.165) is 6.07 Å². The van der Waals surface area contributed by atoms with Gasteiger partial charge in [-0.1, -0.05) is 6.07 Å². The minimum absolute atomic E-state index is 0.0832. The summed E-state index contributed by atoms with van der Waals surface area (Å²) in [7, 11) is 0. The molecule has 0 radical (unpaired) electrons. The minimum Gasteiger partial charge on any atom is -0.166 e. The molecule has 0 heterocycles. The Hall–Kier alpha value is -1.39. The average molecular weight is 189 g/mol. The molecule has 0 spiro atoms. The molecule has 0 atom stereocenters. The van der Waals surface area contributed by atoms with Crippen LogP contribution in [0.25, 0.3) is 0 Å². The van der Waals surface area contributed by atoms with Gasteiger partial charge in [-0.2, -0.15) is 13.2 Å². The number of nitrogens with zero attached hydrogens (tertiary/aromatic N) is 1. The minimum atomic E-state index is -4.43. The van der Waals surface area contributed by atoms with E-state index >= 15 is 0 Å². The van der Waals surface area contributed by atoms with Gasteiger partial charge in [0.05, 0.1) is 5.56 Å². The Labute approximate surface area is 72.4 Å². The van der Waals surface area contributed by atoms with Crippen LogP contribution in [0.4, 0.5) is 18.9 Å². The monoisotopic (exact) mass is 189 g/mol. The zero-order valence-corrected chi connectivity index (χ0v) is 6.72. The summed E-state index contributed by atoms with van der Waals surface area (Å²) >= 11 is 0. The van der Waals surface area contributed by atoms with Crippen LogP contribution in [0, 0.1) is 11.8 Å². The highest BCUT2D eigenvalue weighted by Gasteiger charge is 2.32. The molecule has 0 unspecified atom stereocenters. The summed E-state index contributed by atoms with van der Waals surface area (Å²) in [4.78, 5) is 9.98. The number of halogens is 3. The van der Waals surface area contributed by atoms with Crippen molar-refractivity contribution in [2.45, 2.75) is 13.1 Å². The first kappa shape index (κ1) is 9.70. The zero-order valence-electron chi connectivity index (χ0n) is 6.72. The quantitative estimate of drug-likeness (QED) is 0.622. The Morgan fingerprint density at radius 3 is 2.38 bits per heavy atom. The molecule has 2 nitrogen and oxygen atoms in total. The molecule has 0 saturated carbocycles. The number of aryl methyl sites for hydroxylation is 1. The lowest BCUT2D eigenvalue weighted by molar-refractivity contribution is -0.138. The highest BCUT2D eigenvalue weighted by Crippen LogP contribution is 2.33. The van der Waals surface area contributed by atoms with E-state index in [0.29, 0.717) is 0 Å². The van der Waals surface area contributed by atoms with Crippen molar-refractivity contribution in [2.24, 2.45) is 5.18 Å². The molecular weight excluding hydrogens is 183 g/mol. The van der Waals surface area contributed by atoms with Crippen LogP contribution in [0.1, 0.15) is 11.1 Å². The van der Waals surface area contributed by atoms with Crippen molar-refractivity contribution in [2.75, 3.05) is 0 Å². The SMILES string of the molecule is Cc1ccc(N=O)cc1C(F)(F)F. The van der Waals surface area contributed by atoms with E-state index < -0.39 is 11.7 Å². The molecule has 1 rings (SSSR count). The van der Waals surface area contributed by atoms with Gasteiger partial charge in [0.25, 0.3) is 0 Å². The lowest BCUT2D eigenvalue weighted by Crippen LogP contribution is -2.06. The van der Waals surface area contributed by atoms with E-state index in [9.17, 15) is 18.1 Å². The molecule has 13 heavy (non-hydrogen) atoms. The second-order valence-electron chi connectivity index (χ2n) is 2.59. The molecule has 0 bridgehead atoms. The first-order chi connectivity index (χ1) is 5.95. The van der Waals surface area contributed by atoms with Gasteiger partial charge in [0.1, 0.15) is 5.69 Å². The van der Waals surface area contributed by atoms with Gasteiger partial charge < -0.3 is 0 Å². The topological polar surface area (TPSA) is 29.4 Å². The molecule has 5 heteroatoms. The second-order valence-corrected chi connectivity index (χ2v) is 2.59. The fraction of sp³-hybridized carbons (Fsp3) is 0.250. The number of benzene rings is 1. The molecule has 0 aliphatic carbocycles. The van der Waals surface area contributed by atoms with E-state index in [2.05, 4.69) is 5.18 Å². The van der Waals surface area contributed by atoms with Gasteiger partial charge in [-0.3, -0.25) is 0 Å². The molecule has 0 saturated heterocycles. The molecule has 0 fully saturated rings. The summed E-state index contributed by atoms with van der Waals surface area (Å²) in [6, 6.07) is 3.21. The summed E-state index contributed by atoms with van der Waals surface area (Å²) in [6.07, 6.45) is -4.43. The van der Waals surface area contributed by atoms with Crippen LogP contribution in [0.15, 0.2) is 23.4 Å². The maximum absolute atomic E-state index is 12.2. The second kappa shape index (κ2) is 3.16. The van der Waals surface area contributed by atoms with Gasteiger partial charge in [0, 0.05) is 0 Å². The third kappa shape index (κ3) is 2.05. The molecule has 1 aromatic carbocycles. The van der Waals surface area contributed by atoms with Crippen molar-refractivity contribution in [1.82, 2.24) is 0 Å². The summed E-state index contributed by atoms with van der Waals surface area (Å²) in [5.74, 6) is 0. The summed E-state index contributed by atoms with van der Waals surface area (Å²) in [6.45, 7) is 1.33. The third-order valence-corrected chi connectivity index (χ3v) is 1.63. The van der Waals surface area contributed by atoms with Crippen molar-refractivity contribution in [1.29, 1.82) is 0 Å². The highest BCUT2D eigenvalue weighted by atomic mass is 19.4. The first-order valence-corrected chi connectivity index (χ1v) is 3.46. The van der Waals surface area contributed by atoms with Crippen LogP contribution in [0.5, 0.6) is 0 Å². The van der Waals surface area contributed by atoms with E-state index in [4.69, 9.17) is 0 Å². The molecule has 0 N–H and O–H groups in total. The number of nitroso groups, excluding NO2 is 1. The highest BCUT2D eigenvalue weighted by molar-refractivity contribution is 5.44. The van der Waals surface area contributed by atoms with Gasteiger partial charge in [-0.25, -0.2) is 0 Å². The van der Waals surface area contributed by atoms with Gasteiger partial charge in [-0.05, 0) is 29.8 Å². The summed E-state index contributed by atoms with van der Waals surface area (Å²) in [5, 5.41) is 2.44. The van der Waals surface area contributed by atoms with E-state index in [-0.39, 0.29) is 11.3 Å². The Morgan fingerprint density at radius 1 is 1.31 bits per heavy atom. The maximum atomic E-state index is 12.2. The van der Waals surface area contributed by atoms with Crippen molar-refractivity contribution in [3.8, 4) is 0 Å². The maximum Gasteiger partial charge on any atom is 0.416 e. The Morgan fingerprint density at radius 2 is 1.92 bits per heavy atom. The number of rotatable bonds is 1. The van der Waals surface area contributed by atoms with Crippen LogP contribution in [-0.2, 0) is 6.18 Å². The molecule has 1 aromatic rings. The van der Waals surface area contributed by atoms with E-state index in [1.54, 1.807) is 0 Å². The van der Waals surface area contributed by atoms with Crippen molar-refractivity contribution < 1.29 is 13.2 Å². The fourth-order valence-corrected chi connectivity index (χ4v) is 0.972. The molecule has 0 aromatic heterocycles. The Bertz CT molecular complexity index is 333. The van der Waals surface area contributed by atoms with Crippen LogP contribution < -0.4 is 0 Å². The van der Waals surface area contributed by atoms with Crippen LogP contribution in [0.3, 0.4) is 0 Å². The van der Waals surface area contributed by atoms with Crippen LogP contribution in [0.2, 0.25) is 0 Å². The molecule has 0 aliphatic rings. The molecule has 0 aliphatic heterocycles. The first-order valence-electron chi connectivity index (χ1n) is 3.46. The molecule has 70 valence electrons. The standard InChI is InChI=1S/C8H6F3NO/c1-5-2-3-6(12-13)4-7(5)8(9,10)11/h2-4H,1H3. The van der Waals surface area contributed by atoms with Gasteiger partial charge in [-0.15, -0.1) is 4.91 Å². The van der Waals surface area contributed by atoms with Crippen LogP contribution >= 0.6 is 0 Å². The number of hydrogen-bond acceptors (Lipinski definition) is 2. The van der Waals surface area contributed by atoms with E-state index in [1.165, 1.54) is 19.1 Å². The third-order valence-electron chi connectivity index (χ3n) is 1.63. The largest absolute Gasteiger partial charge is 0.416 e. The Kier molecular flexibility index (Phi) is 2.36. The molecular formula is C8H6F3NO. The number of alkyl halides is 3. The van der Waals surface area contributed by atoms with Crippen LogP contribution in [-0.4, -0.2) is 0 Å². The predicted molar refractivity (Wildman–Crippen MR) is 41.6 cm³/mol. The van der Waals surface area contributed by atoms with Crippen molar-refractivity contribution in [3.63, 3.8) is 0 Å². The van der Waals surface area contributed by atoms with Gasteiger partial charge in [0.15, 0.2) is 0 Å². The van der Waals surface area contributed by atoms with E-state index in [1.807, 2.05) is 0 Å². The molecule has 0 amide bonds. The smallest absolute Gasteiger partial charge is 0.166 e. The normalized spacial score (nSPS) is 11.4. The lowest BCUT2D eigenvalue weighted by atomic mass is 10.1. The Balaban J connectivity index is 3.27. The fourth-order valence-electron chi connectivity index (χ4n) is 0.972.